The molecule has 2 aromatic rings. The van der Waals surface area contributed by atoms with Crippen molar-refractivity contribution in [2.75, 3.05) is 7.11 Å². The van der Waals surface area contributed by atoms with E-state index in [1.54, 1.807) is 7.11 Å². The molecule has 0 unspecified atom stereocenters. The zero-order valence-electron chi connectivity index (χ0n) is 11.8. The Kier molecular flexibility index (Phi) is 4.53. The molecule has 0 spiro atoms. The van der Waals surface area contributed by atoms with E-state index in [0.717, 1.165) is 11.3 Å². The summed E-state index contributed by atoms with van der Waals surface area (Å²) in [4.78, 5) is 18.7. The lowest BCUT2D eigenvalue weighted by atomic mass is 10.2. The molecule has 0 aliphatic rings. The number of aromatic nitrogens is 2. The second-order valence-corrected chi connectivity index (χ2v) is 4.71. The molecule has 1 heterocycles. The molecule has 5 heteroatoms. The summed E-state index contributed by atoms with van der Waals surface area (Å²) in [7, 11) is 1.57. The molecule has 5 nitrogen and oxygen atoms in total. The van der Waals surface area contributed by atoms with Crippen LogP contribution in [0.25, 0.3) is 11.4 Å². The largest absolute Gasteiger partial charge is 0.491 e. The van der Waals surface area contributed by atoms with Gasteiger partial charge in [-0.3, -0.25) is 4.79 Å². The molecule has 0 fully saturated rings. The maximum absolute atomic E-state index is 11.6. The molecule has 0 amide bonds. The summed E-state index contributed by atoms with van der Waals surface area (Å²) in [6.07, 6.45) is 0.0945. The van der Waals surface area contributed by atoms with Gasteiger partial charge in [0.1, 0.15) is 11.6 Å². The van der Waals surface area contributed by atoms with E-state index in [1.807, 2.05) is 38.1 Å². The maximum atomic E-state index is 11.6. The SMILES string of the molecule is COCc1cc(=O)[nH]c(-c2cccc(OC(C)C)c2)n1. The molecule has 106 valence electrons. The van der Waals surface area contributed by atoms with Crippen molar-refractivity contribution in [1.82, 2.24) is 9.97 Å². The van der Waals surface area contributed by atoms with Crippen LogP contribution in [-0.4, -0.2) is 23.2 Å². The van der Waals surface area contributed by atoms with E-state index in [2.05, 4.69) is 9.97 Å². The average molecular weight is 274 g/mol. The van der Waals surface area contributed by atoms with Gasteiger partial charge in [0.25, 0.3) is 5.56 Å². The monoisotopic (exact) mass is 274 g/mol. The number of nitrogens with one attached hydrogen (secondary N) is 1. The number of hydrogen-bond donors (Lipinski definition) is 1. The van der Waals surface area contributed by atoms with Gasteiger partial charge in [-0.15, -0.1) is 0 Å². The molecular formula is C15H18N2O3. The fourth-order valence-corrected chi connectivity index (χ4v) is 1.86. The molecule has 0 aliphatic carbocycles. The average Bonchev–Trinajstić information content (AvgIpc) is 2.38. The standard InChI is InChI=1S/C15H18N2O3/c1-10(2)20-13-6-4-5-11(7-13)15-16-12(9-19-3)8-14(18)17-15/h4-8,10H,9H2,1-3H3,(H,16,17,18). The molecule has 1 aromatic carbocycles. The summed E-state index contributed by atoms with van der Waals surface area (Å²) in [6.45, 7) is 4.23. The highest BCUT2D eigenvalue weighted by Gasteiger charge is 2.06. The molecule has 0 aliphatic heterocycles. The van der Waals surface area contributed by atoms with E-state index in [4.69, 9.17) is 9.47 Å². The number of nitrogens with zero attached hydrogens (tertiary/aromatic N) is 1. The van der Waals surface area contributed by atoms with E-state index in [1.165, 1.54) is 6.07 Å². The number of rotatable bonds is 5. The minimum Gasteiger partial charge on any atom is -0.491 e. The summed E-state index contributed by atoms with van der Waals surface area (Å²) >= 11 is 0. The molecule has 0 atom stereocenters. The van der Waals surface area contributed by atoms with Crippen LogP contribution in [0.2, 0.25) is 0 Å². The number of ether oxygens (including phenoxy) is 2. The highest BCUT2D eigenvalue weighted by molar-refractivity contribution is 5.57. The van der Waals surface area contributed by atoms with E-state index >= 15 is 0 Å². The third-order valence-corrected chi connectivity index (χ3v) is 2.57. The van der Waals surface area contributed by atoms with Gasteiger partial charge in [0.15, 0.2) is 0 Å². The smallest absolute Gasteiger partial charge is 0.251 e. The first-order chi connectivity index (χ1) is 9.58. The molecule has 0 radical (unpaired) electrons. The summed E-state index contributed by atoms with van der Waals surface area (Å²) in [5.41, 5.74) is 1.21. The van der Waals surface area contributed by atoms with Gasteiger partial charge in [-0.25, -0.2) is 4.98 Å². The van der Waals surface area contributed by atoms with E-state index < -0.39 is 0 Å². The van der Waals surface area contributed by atoms with Gasteiger partial charge in [-0.1, -0.05) is 12.1 Å². The molecular weight excluding hydrogens is 256 g/mol. The van der Waals surface area contributed by atoms with E-state index in [-0.39, 0.29) is 11.7 Å². The maximum Gasteiger partial charge on any atom is 0.251 e. The first-order valence-corrected chi connectivity index (χ1v) is 6.45. The van der Waals surface area contributed by atoms with Crippen LogP contribution in [-0.2, 0) is 11.3 Å². The van der Waals surface area contributed by atoms with Crippen LogP contribution in [0.4, 0.5) is 0 Å². The first kappa shape index (κ1) is 14.3. The van der Waals surface area contributed by atoms with Gasteiger partial charge in [0.05, 0.1) is 18.4 Å². The molecule has 0 saturated carbocycles. The summed E-state index contributed by atoms with van der Waals surface area (Å²) in [5, 5.41) is 0. The van der Waals surface area contributed by atoms with Crippen molar-refractivity contribution in [3.8, 4) is 17.1 Å². The number of methoxy groups -OCH3 is 1. The number of H-pyrrole nitrogens is 1. The van der Waals surface area contributed by atoms with Crippen molar-refractivity contribution in [3.63, 3.8) is 0 Å². The van der Waals surface area contributed by atoms with E-state index in [9.17, 15) is 4.79 Å². The Balaban J connectivity index is 2.38. The lowest BCUT2D eigenvalue weighted by Gasteiger charge is -2.11. The summed E-state index contributed by atoms with van der Waals surface area (Å²) in [6, 6.07) is 8.91. The molecule has 0 bridgehead atoms. The number of hydrogen-bond acceptors (Lipinski definition) is 4. The zero-order valence-corrected chi connectivity index (χ0v) is 11.8. The van der Waals surface area contributed by atoms with Gasteiger partial charge in [0.2, 0.25) is 0 Å². The van der Waals surface area contributed by atoms with Crippen molar-refractivity contribution in [1.29, 1.82) is 0 Å². The first-order valence-electron chi connectivity index (χ1n) is 6.45. The molecule has 1 N–H and O–H groups in total. The van der Waals surface area contributed by atoms with E-state index in [0.29, 0.717) is 18.1 Å². The van der Waals surface area contributed by atoms with Gasteiger partial charge >= 0.3 is 0 Å². The molecule has 20 heavy (non-hydrogen) atoms. The Morgan fingerprint density at radius 3 is 2.80 bits per heavy atom. The molecule has 1 aromatic heterocycles. The van der Waals surface area contributed by atoms with Crippen LogP contribution in [0, 0.1) is 0 Å². The Bertz CT molecular complexity index is 635. The van der Waals surface area contributed by atoms with Crippen LogP contribution >= 0.6 is 0 Å². The fraction of sp³-hybridized carbons (Fsp3) is 0.333. The zero-order chi connectivity index (χ0) is 14.5. The van der Waals surface area contributed by atoms with Crippen molar-refractivity contribution in [3.05, 3.63) is 46.4 Å². The Morgan fingerprint density at radius 1 is 1.30 bits per heavy atom. The second-order valence-electron chi connectivity index (χ2n) is 4.71. The Morgan fingerprint density at radius 2 is 2.10 bits per heavy atom. The van der Waals surface area contributed by atoms with Crippen molar-refractivity contribution in [2.24, 2.45) is 0 Å². The molecule has 2 rings (SSSR count). The van der Waals surface area contributed by atoms with Crippen LogP contribution in [0.1, 0.15) is 19.5 Å². The number of aromatic amines is 1. The minimum absolute atomic E-state index is 0.0945. The fourth-order valence-electron chi connectivity index (χ4n) is 1.86. The third kappa shape index (κ3) is 3.68. The van der Waals surface area contributed by atoms with Crippen LogP contribution in [0.5, 0.6) is 5.75 Å². The lowest BCUT2D eigenvalue weighted by Crippen LogP contribution is -2.11. The summed E-state index contributed by atoms with van der Waals surface area (Å²) < 4.78 is 10.6. The quantitative estimate of drug-likeness (QED) is 0.909. The summed E-state index contributed by atoms with van der Waals surface area (Å²) in [5.74, 6) is 1.26. The minimum atomic E-state index is -0.197. The predicted octanol–water partition coefficient (Wildman–Crippen LogP) is 2.37. The van der Waals surface area contributed by atoms with Gasteiger partial charge in [-0.05, 0) is 26.0 Å². The highest BCUT2D eigenvalue weighted by atomic mass is 16.5. The van der Waals surface area contributed by atoms with Crippen molar-refractivity contribution >= 4 is 0 Å². The lowest BCUT2D eigenvalue weighted by molar-refractivity contribution is 0.181. The predicted molar refractivity (Wildman–Crippen MR) is 76.8 cm³/mol. The van der Waals surface area contributed by atoms with Crippen LogP contribution in [0.3, 0.4) is 0 Å². The van der Waals surface area contributed by atoms with Gasteiger partial charge < -0.3 is 14.5 Å². The van der Waals surface area contributed by atoms with Crippen molar-refractivity contribution < 1.29 is 9.47 Å². The Labute approximate surface area is 117 Å². The van der Waals surface area contributed by atoms with Crippen LogP contribution < -0.4 is 10.3 Å². The topological polar surface area (TPSA) is 64.2 Å². The van der Waals surface area contributed by atoms with Gasteiger partial charge in [0, 0.05) is 18.7 Å². The second kappa shape index (κ2) is 6.34. The van der Waals surface area contributed by atoms with Crippen LogP contribution in [0.15, 0.2) is 35.1 Å². The van der Waals surface area contributed by atoms with Gasteiger partial charge in [-0.2, -0.15) is 0 Å². The highest BCUT2D eigenvalue weighted by Crippen LogP contribution is 2.21. The van der Waals surface area contributed by atoms with Crippen molar-refractivity contribution in [2.45, 2.75) is 26.6 Å². The molecule has 0 saturated heterocycles. The number of benzene rings is 1. The normalized spacial score (nSPS) is 10.8. The third-order valence-electron chi connectivity index (χ3n) is 2.57. The Hall–Kier alpha value is -2.14.